The molecule has 18 heavy (non-hydrogen) atoms. The van der Waals surface area contributed by atoms with E-state index in [1.807, 2.05) is 24.7 Å². The molecule has 94 valence electrons. The minimum atomic E-state index is -0.383. The van der Waals surface area contributed by atoms with Gasteiger partial charge in [-0.25, -0.2) is 10.8 Å². The highest BCUT2D eigenvalue weighted by molar-refractivity contribution is 6.31. The highest BCUT2D eigenvalue weighted by Gasteiger charge is 2.10. The molecule has 6 heteroatoms. The fourth-order valence-electron chi connectivity index (χ4n) is 1.65. The van der Waals surface area contributed by atoms with Crippen LogP contribution >= 0.6 is 11.6 Å². The van der Waals surface area contributed by atoms with Crippen LogP contribution in [0.5, 0.6) is 0 Å². The molecule has 1 amide bonds. The summed E-state index contributed by atoms with van der Waals surface area (Å²) in [7, 11) is 1.91. The quantitative estimate of drug-likeness (QED) is 0.492. The number of halogens is 1. The molecule has 0 aliphatic heterocycles. The summed E-state index contributed by atoms with van der Waals surface area (Å²) in [5.41, 5.74) is 4.04. The number of nitrogens with two attached hydrogens (primary N) is 1. The Balaban J connectivity index is 2.51. The Morgan fingerprint density at radius 3 is 2.72 bits per heavy atom. The molecule has 1 aromatic heterocycles. The average molecular weight is 265 g/mol. The van der Waals surface area contributed by atoms with E-state index in [1.54, 1.807) is 18.2 Å². The molecule has 0 spiro atoms. The number of carbonyl (C=O) groups is 1. The number of amides is 1. The van der Waals surface area contributed by atoms with Gasteiger partial charge >= 0.3 is 0 Å². The Bertz CT molecular complexity index is 587. The molecular weight excluding hydrogens is 252 g/mol. The van der Waals surface area contributed by atoms with Gasteiger partial charge in [-0.2, -0.15) is 0 Å². The first-order chi connectivity index (χ1) is 8.51. The molecule has 2 rings (SSSR count). The summed E-state index contributed by atoms with van der Waals surface area (Å²) >= 11 is 5.99. The average Bonchev–Trinajstić information content (AvgIpc) is 2.68. The Morgan fingerprint density at radius 2 is 2.17 bits per heavy atom. The van der Waals surface area contributed by atoms with Crippen molar-refractivity contribution in [1.82, 2.24) is 15.0 Å². The molecule has 3 N–H and O–H groups in total. The Hall–Kier alpha value is -1.85. The first-order valence-electron chi connectivity index (χ1n) is 5.33. The van der Waals surface area contributed by atoms with Crippen molar-refractivity contribution < 1.29 is 4.79 Å². The molecule has 2 aromatic rings. The van der Waals surface area contributed by atoms with E-state index in [9.17, 15) is 4.79 Å². The van der Waals surface area contributed by atoms with E-state index in [4.69, 9.17) is 17.4 Å². The summed E-state index contributed by atoms with van der Waals surface area (Å²) in [5.74, 6) is 5.61. The first kappa shape index (κ1) is 12.6. The van der Waals surface area contributed by atoms with E-state index in [1.165, 1.54) is 0 Å². The summed E-state index contributed by atoms with van der Waals surface area (Å²) in [5, 5.41) is 0.467. The normalized spacial score (nSPS) is 10.4. The highest BCUT2D eigenvalue weighted by Crippen LogP contribution is 2.24. The first-order valence-corrected chi connectivity index (χ1v) is 5.71. The molecule has 0 bridgehead atoms. The zero-order valence-electron chi connectivity index (χ0n) is 10.1. The number of aryl methyl sites for hydroxylation is 2. The molecule has 0 saturated carbocycles. The fourth-order valence-corrected chi connectivity index (χ4v) is 1.89. The predicted octanol–water partition coefficient (Wildman–Crippen LogP) is 1.65. The molecule has 0 saturated heterocycles. The Morgan fingerprint density at radius 1 is 1.44 bits per heavy atom. The van der Waals surface area contributed by atoms with E-state index >= 15 is 0 Å². The standard InChI is InChI=1S/C12H13ClN4O/c1-7-15-11(6-17(7)2)8-3-9(12(18)16-14)5-10(13)4-8/h3-6H,14H2,1-2H3,(H,16,18). The number of carbonyl (C=O) groups excluding carboxylic acids is 1. The van der Waals surface area contributed by atoms with Crippen LogP contribution in [0.15, 0.2) is 24.4 Å². The smallest absolute Gasteiger partial charge is 0.265 e. The van der Waals surface area contributed by atoms with Crippen LogP contribution in [0.25, 0.3) is 11.3 Å². The van der Waals surface area contributed by atoms with E-state index < -0.39 is 0 Å². The SMILES string of the molecule is Cc1nc(-c2cc(Cl)cc(C(=O)NN)c2)cn1C. The monoisotopic (exact) mass is 264 g/mol. The molecule has 5 nitrogen and oxygen atoms in total. The topological polar surface area (TPSA) is 72.9 Å². The van der Waals surface area contributed by atoms with Crippen molar-refractivity contribution in [2.75, 3.05) is 0 Å². The Labute approximate surface area is 110 Å². The molecule has 1 heterocycles. The number of hydrogen-bond acceptors (Lipinski definition) is 3. The lowest BCUT2D eigenvalue weighted by Gasteiger charge is -2.03. The van der Waals surface area contributed by atoms with Crippen LogP contribution in [0, 0.1) is 6.92 Å². The van der Waals surface area contributed by atoms with E-state index in [0.717, 1.165) is 17.1 Å². The second-order valence-electron chi connectivity index (χ2n) is 3.99. The molecule has 0 unspecified atom stereocenters. The van der Waals surface area contributed by atoms with Gasteiger partial charge in [-0.1, -0.05) is 11.6 Å². The molecule has 0 atom stereocenters. The minimum absolute atomic E-state index is 0.383. The van der Waals surface area contributed by atoms with Gasteiger partial charge in [0, 0.05) is 29.4 Å². The number of hydrazine groups is 1. The molecule has 0 aliphatic carbocycles. The van der Waals surface area contributed by atoms with Gasteiger partial charge in [-0.15, -0.1) is 0 Å². The van der Waals surface area contributed by atoms with Crippen LogP contribution in [0.3, 0.4) is 0 Å². The zero-order valence-corrected chi connectivity index (χ0v) is 10.8. The summed E-state index contributed by atoms with van der Waals surface area (Å²) in [6.07, 6.45) is 1.88. The third kappa shape index (κ3) is 2.37. The highest BCUT2D eigenvalue weighted by atomic mass is 35.5. The number of nitrogen functional groups attached to an aromatic ring is 1. The van der Waals surface area contributed by atoms with Crippen molar-refractivity contribution in [3.05, 3.63) is 40.8 Å². The number of nitrogens with zero attached hydrogens (tertiary/aromatic N) is 2. The van der Waals surface area contributed by atoms with Crippen molar-refractivity contribution >= 4 is 17.5 Å². The molecule has 0 aliphatic rings. The lowest BCUT2D eigenvalue weighted by molar-refractivity contribution is 0.0953. The van der Waals surface area contributed by atoms with E-state index in [2.05, 4.69) is 10.4 Å². The van der Waals surface area contributed by atoms with Crippen LogP contribution in [0.2, 0.25) is 5.02 Å². The molecule has 0 radical (unpaired) electrons. The van der Waals surface area contributed by atoms with Gasteiger partial charge in [0.05, 0.1) is 5.69 Å². The number of imidazole rings is 1. The van der Waals surface area contributed by atoms with Crippen molar-refractivity contribution in [3.8, 4) is 11.3 Å². The van der Waals surface area contributed by atoms with Gasteiger partial charge in [0.2, 0.25) is 0 Å². The van der Waals surface area contributed by atoms with Crippen LogP contribution in [-0.4, -0.2) is 15.5 Å². The van der Waals surface area contributed by atoms with Crippen molar-refractivity contribution in [3.63, 3.8) is 0 Å². The number of rotatable bonds is 2. The van der Waals surface area contributed by atoms with Gasteiger partial charge in [0.25, 0.3) is 5.91 Å². The predicted molar refractivity (Wildman–Crippen MR) is 70.0 cm³/mol. The third-order valence-electron chi connectivity index (χ3n) is 2.70. The molecule has 1 aromatic carbocycles. The summed E-state index contributed by atoms with van der Waals surface area (Å²) < 4.78 is 1.90. The maximum atomic E-state index is 11.5. The van der Waals surface area contributed by atoms with Crippen LogP contribution < -0.4 is 11.3 Å². The number of nitrogens with one attached hydrogen (secondary N) is 1. The largest absolute Gasteiger partial charge is 0.338 e. The zero-order chi connectivity index (χ0) is 13.3. The molecule has 0 fully saturated rings. The second-order valence-corrected chi connectivity index (χ2v) is 4.42. The van der Waals surface area contributed by atoms with Crippen molar-refractivity contribution in [2.24, 2.45) is 12.9 Å². The minimum Gasteiger partial charge on any atom is -0.338 e. The van der Waals surface area contributed by atoms with Gasteiger partial charge in [0.15, 0.2) is 0 Å². The number of benzene rings is 1. The maximum Gasteiger partial charge on any atom is 0.265 e. The fraction of sp³-hybridized carbons (Fsp3) is 0.167. The second kappa shape index (κ2) is 4.80. The lowest BCUT2D eigenvalue weighted by atomic mass is 10.1. The number of aromatic nitrogens is 2. The lowest BCUT2D eigenvalue weighted by Crippen LogP contribution is -2.29. The van der Waals surface area contributed by atoms with Gasteiger partial charge in [0.1, 0.15) is 5.82 Å². The van der Waals surface area contributed by atoms with Gasteiger partial charge < -0.3 is 4.57 Å². The van der Waals surface area contributed by atoms with Crippen LogP contribution in [0.4, 0.5) is 0 Å². The summed E-state index contributed by atoms with van der Waals surface area (Å²) in [4.78, 5) is 15.9. The number of hydrogen-bond donors (Lipinski definition) is 2. The van der Waals surface area contributed by atoms with Gasteiger partial charge in [-0.3, -0.25) is 10.2 Å². The van der Waals surface area contributed by atoms with Crippen LogP contribution in [0.1, 0.15) is 16.2 Å². The van der Waals surface area contributed by atoms with Crippen LogP contribution in [-0.2, 0) is 7.05 Å². The maximum absolute atomic E-state index is 11.5. The van der Waals surface area contributed by atoms with Gasteiger partial charge in [-0.05, 0) is 25.1 Å². The van der Waals surface area contributed by atoms with Crippen molar-refractivity contribution in [1.29, 1.82) is 0 Å². The summed E-state index contributed by atoms with van der Waals surface area (Å²) in [6.45, 7) is 1.90. The summed E-state index contributed by atoms with van der Waals surface area (Å²) in [6, 6.07) is 5.02. The van der Waals surface area contributed by atoms with E-state index in [0.29, 0.717) is 10.6 Å². The Kier molecular flexibility index (Phi) is 3.36. The molecular formula is C12H13ClN4O. The van der Waals surface area contributed by atoms with E-state index in [-0.39, 0.29) is 5.91 Å². The third-order valence-corrected chi connectivity index (χ3v) is 2.91. The van der Waals surface area contributed by atoms with Crippen molar-refractivity contribution in [2.45, 2.75) is 6.92 Å².